The van der Waals surface area contributed by atoms with Gasteiger partial charge in [0.2, 0.25) is 10.0 Å². The molecule has 1 fully saturated rings. The first-order valence-corrected chi connectivity index (χ1v) is 9.01. The number of carboxylic acid groups (broad SMARTS) is 1. The van der Waals surface area contributed by atoms with Crippen LogP contribution in [-0.2, 0) is 10.0 Å². The Kier molecular flexibility index (Phi) is 4.46. The van der Waals surface area contributed by atoms with Crippen molar-refractivity contribution < 1.29 is 18.3 Å². The summed E-state index contributed by atoms with van der Waals surface area (Å²) in [6.07, 6.45) is 3.00. The fraction of sp³-hybridized carbons (Fsp3) is 0.500. The first-order valence-electron chi connectivity index (χ1n) is 6.74. The number of hydrogen-bond donors (Lipinski definition) is 2. The zero-order chi connectivity index (χ0) is 15.8. The van der Waals surface area contributed by atoms with E-state index in [1.165, 1.54) is 12.1 Å². The molecule has 1 aromatic rings. The van der Waals surface area contributed by atoms with E-state index in [1.54, 1.807) is 6.92 Å². The summed E-state index contributed by atoms with van der Waals surface area (Å²) in [4.78, 5) is 11.2. The van der Waals surface area contributed by atoms with Crippen LogP contribution < -0.4 is 4.72 Å². The molecule has 1 aliphatic rings. The quantitative estimate of drug-likeness (QED) is 0.800. The minimum Gasteiger partial charge on any atom is -0.478 e. The number of hydrogen-bond acceptors (Lipinski definition) is 3. The molecule has 116 valence electrons. The minimum atomic E-state index is -3.70. The van der Waals surface area contributed by atoms with Crippen LogP contribution in [0.1, 0.15) is 42.1 Å². The molecule has 1 aromatic carbocycles. The predicted molar refractivity (Wildman–Crippen MR) is 83.0 cm³/mol. The molecule has 0 aromatic heterocycles. The zero-order valence-corrected chi connectivity index (χ0v) is 14.3. The molecule has 1 aliphatic carbocycles. The second-order valence-electron chi connectivity index (χ2n) is 5.56. The van der Waals surface area contributed by atoms with Gasteiger partial charge in [-0.25, -0.2) is 17.9 Å². The van der Waals surface area contributed by atoms with Gasteiger partial charge in [-0.1, -0.05) is 22.9 Å². The molecule has 21 heavy (non-hydrogen) atoms. The topological polar surface area (TPSA) is 83.5 Å². The number of carboxylic acids is 1. The van der Waals surface area contributed by atoms with Gasteiger partial charge in [-0.2, -0.15) is 0 Å². The first kappa shape index (κ1) is 16.5. The molecule has 0 radical (unpaired) electrons. The Labute approximate surface area is 132 Å². The monoisotopic (exact) mass is 375 g/mol. The number of benzene rings is 1. The second-order valence-corrected chi connectivity index (χ2v) is 8.18. The van der Waals surface area contributed by atoms with E-state index in [-0.39, 0.29) is 15.9 Å². The van der Waals surface area contributed by atoms with Crippen molar-refractivity contribution in [2.75, 3.05) is 6.54 Å². The molecule has 0 heterocycles. The highest BCUT2D eigenvalue weighted by Gasteiger charge is 2.41. The average Bonchev–Trinajstić information content (AvgIpc) is 3.20. The van der Waals surface area contributed by atoms with Crippen LogP contribution in [0.5, 0.6) is 0 Å². The van der Waals surface area contributed by atoms with Crippen LogP contribution in [-0.4, -0.2) is 26.0 Å². The summed E-state index contributed by atoms with van der Waals surface area (Å²) in [6.45, 7) is 4.08. The Morgan fingerprint density at radius 3 is 2.52 bits per heavy atom. The third kappa shape index (κ3) is 3.46. The molecule has 7 heteroatoms. The minimum absolute atomic E-state index is 0.0126. The number of halogens is 1. The van der Waals surface area contributed by atoms with Crippen molar-refractivity contribution >= 4 is 31.9 Å². The van der Waals surface area contributed by atoms with Gasteiger partial charge < -0.3 is 5.11 Å². The maximum atomic E-state index is 12.3. The first-order chi connectivity index (χ1) is 9.71. The van der Waals surface area contributed by atoms with Gasteiger partial charge in [0.25, 0.3) is 0 Å². The summed E-state index contributed by atoms with van der Waals surface area (Å²) in [6, 6.07) is 2.64. The lowest BCUT2D eigenvalue weighted by atomic mass is 10.1. The molecule has 2 N–H and O–H groups in total. The highest BCUT2D eigenvalue weighted by molar-refractivity contribution is 9.10. The lowest BCUT2D eigenvalue weighted by Gasteiger charge is -2.15. The number of rotatable bonds is 6. The Morgan fingerprint density at radius 2 is 2.05 bits per heavy atom. The van der Waals surface area contributed by atoms with E-state index < -0.39 is 16.0 Å². The number of sulfonamides is 1. The van der Waals surface area contributed by atoms with E-state index in [2.05, 4.69) is 20.7 Å². The van der Waals surface area contributed by atoms with Crippen molar-refractivity contribution in [3.8, 4) is 0 Å². The van der Waals surface area contributed by atoms with Crippen molar-refractivity contribution in [1.82, 2.24) is 4.72 Å². The van der Waals surface area contributed by atoms with Gasteiger partial charge in [0.05, 0.1) is 10.5 Å². The summed E-state index contributed by atoms with van der Waals surface area (Å²) in [5.41, 5.74) is 0.583. The van der Waals surface area contributed by atoms with Crippen LogP contribution in [0, 0.1) is 12.3 Å². The van der Waals surface area contributed by atoms with E-state index in [1.807, 2.05) is 6.92 Å². The molecular weight excluding hydrogens is 358 g/mol. The lowest BCUT2D eigenvalue weighted by molar-refractivity contribution is 0.0695. The van der Waals surface area contributed by atoms with Gasteiger partial charge in [0.15, 0.2) is 0 Å². The molecule has 0 spiro atoms. The lowest BCUT2D eigenvalue weighted by Crippen LogP contribution is -2.30. The average molecular weight is 376 g/mol. The van der Waals surface area contributed by atoms with Crippen LogP contribution in [0.25, 0.3) is 0 Å². The normalized spacial score (nSPS) is 16.7. The van der Waals surface area contributed by atoms with Crippen molar-refractivity contribution in [3.63, 3.8) is 0 Å². The summed E-state index contributed by atoms with van der Waals surface area (Å²) in [7, 11) is -3.70. The Morgan fingerprint density at radius 1 is 1.43 bits per heavy atom. The van der Waals surface area contributed by atoms with Gasteiger partial charge in [0, 0.05) is 11.0 Å². The maximum Gasteiger partial charge on any atom is 0.336 e. The second kappa shape index (κ2) is 5.70. The Balaban J connectivity index is 2.30. The molecule has 0 atom stereocenters. The fourth-order valence-electron chi connectivity index (χ4n) is 2.19. The molecule has 0 saturated heterocycles. The summed E-state index contributed by atoms with van der Waals surface area (Å²) >= 11 is 3.22. The van der Waals surface area contributed by atoms with E-state index in [0.29, 0.717) is 16.6 Å². The molecule has 2 rings (SSSR count). The molecule has 0 unspecified atom stereocenters. The highest BCUT2D eigenvalue weighted by Crippen LogP contribution is 2.48. The van der Waals surface area contributed by atoms with Crippen LogP contribution in [0.4, 0.5) is 0 Å². The van der Waals surface area contributed by atoms with Crippen LogP contribution >= 0.6 is 15.9 Å². The van der Waals surface area contributed by atoms with Crippen molar-refractivity contribution in [3.05, 3.63) is 27.7 Å². The van der Waals surface area contributed by atoms with E-state index in [9.17, 15) is 13.2 Å². The van der Waals surface area contributed by atoms with Crippen molar-refractivity contribution in [2.45, 2.75) is 38.0 Å². The smallest absolute Gasteiger partial charge is 0.336 e. The van der Waals surface area contributed by atoms with E-state index in [0.717, 1.165) is 19.3 Å². The third-order valence-corrected chi connectivity index (χ3v) is 6.41. The molecule has 5 nitrogen and oxygen atoms in total. The van der Waals surface area contributed by atoms with Crippen LogP contribution in [0.3, 0.4) is 0 Å². The van der Waals surface area contributed by atoms with Gasteiger partial charge in [-0.05, 0) is 49.3 Å². The van der Waals surface area contributed by atoms with E-state index >= 15 is 0 Å². The zero-order valence-electron chi connectivity index (χ0n) is 11.9. The van der Waals surface area contributed by atoms with Crippen LogP contribution in [0.15, 0.2) is 21.5 Å². The number of aromatic carboxylic acids is 1. The van der Waals surface area contributed by atoms with Crippen LogP contribution in [0.2, 0.25) is 0 Å². The predicted octanol–water partition coefficient (Wildman–Crippen LogP) is 2.92. The summed E-state index contributed by atoms with van der Waals surface area (Å²) < 4.78 is 27.7. The molecular formula is C14H18BrNO4S. The van der Waals surface area contributed by atoms with Gasteiger partial charge in [-0.3, -0.25) is 0 Å². The SMILES string of the molecule is CCC1(CNS(=O)(=O)c2cc(Br)c(C)c(C(=O)O)c2)CC1. The largest absolute Gasteiger partial charge is 0.478 e. The van der Waals surface area contributed by atoms with Crippen molar-refractivity contribution in [1.29, 1.82) is 0 Å². The molecule has 1 saturated carbocycles. The Hall–Kier alpha value is -0.920. The number of nitrogens with one attached hydrogen (secondary N) is 1. The van der Waals surface area contributed by atoms with Gasteiger partial charge >= 0.3 is 5.97 Å². The fourth-order valence-corrected chi connectivity index (χ4v) is 4.02. The summed E-state index contributed by atoms with van der Waals surface area (Å²) in [5.74, 6) is -1.14. The molecule has 0 amide bonds. The van der Waals surface area contributed by atoms with Gasteiger partial charge in [0.1, 0.15) is 0 Å². The third-order valence-electron chi connectivity index (χ3n) is 4.20. The molecule has 0 aliphatic heterocycles. The Bertz CT molecular complexity index is 680. The number of carbonyl (C=O) groups is 1. The highest BCUT2D eigenvalue weighted by atomic mass is 79.9. The maximum absolute atomic E-state index is 12.3. The van der Waals surface area contributed by atoms with E-state index in [4.69, 9.17) is 5.11 Å². The van der Waals surface area contributed by atoms with Gasteiger partial charge in [-0.15, -0.1) is 0 Å². The molecule has 0 bridgehead atoms. The summed E-state index contributed by atoms with van der Waals surface area (Å²) in [5, 5.41) is 9.15. The standard InChI is InChI=1S/C14H18BrNO4S/c1-3-14(4-5-14)8-16-21(19,20)10-6-11(13(17)18)9(2)12(15)7-10/h6-7,16H,3-5,8H2,1-2H3,(H,17,18). The van der Waals surface area contributed by atoms with Crippen molar-refractivity contribution in [2.24, 2.45) is 5.41 Å².